The van der Waals surface area contributed by atoms with Gasteiger partial charge in [-0.25, -0.2) is 13.8 Å². The van der Waals surface area contributed by atoms with Gasteiger partial charge in [-0.15, -0.1) is 0 Å². The van der Waals surface area contributed by atoms with Gasteiger partial charge in [0.05, 0.1) is 5.52 Å². The molecule has 3 nitrogen and oxygen atoms in total. The van der Waals surface area contributed by atoms with Gasteiger partial charge in [-0.1, -0.05) is 19.8 Å². The zero-order chi connectivity index (χ0) is 13.6. The summed E-state index contributed by atoms with van der Waals surface area (Å²) in [5.74, 6) is -0.567. The minimum atomic E-state index is -0.634. The monoisotopic (exact) mass is 265 g/mol. The first-order chi connectivity index (χ1) is 9.00. The Balaban J connectivity index is 2.12. The first kappa shape index (κ1) is 12.5. The zero-order valence-electron chi connectivity index (χ0n) is 10.8. The van der Waals surface area contributed by atoms with Crippen molar-refractivity contribution in [2.75, 3.05) is 0 Å². The van der Waals surface area contributed by atoms with Crippen molar-refractivity contribution in [1.82, 2.24) is 9.97 Å². The van der Waals surface area contributed by atoms with Crippen LogP contribution in [0.4, 0.5) is 8.78 Å². The highest BCUT2D eigenvalue weighted by Gasteiger charge is 2.38. The van der Waals surface area contributed by atoms with Crippen LogP contribution in [0, 0.1) is 11.6 Å². The lowest BCUT2D eigenvalue weighted by Gasteiger charge is -2.37. The lowest BCUT2D eigenvalue weighted by atomic mass is 9.71. The van der Waals surface area contributed by atoms with Gasteiger partial charge in [-0.3, -0.25) is 0 Å². The van der Waals surface area contributed by atoms with Gasteiger partial charge in [0.2, 0.25) is 0 Å². The average Bonchev–Trinajstić information content (AvgIpc) is 2.77. The Morgan fingerprint density at radius 3 is 2.89 bits per heavy atom. The van der Waals surface area contributed by atoms with Crippen LogP contribution < -0.4 is 5.73 Å². The summed E-state index contributed by atoms with van der Waals surface area (Å²) in [5, 5.41) is 0. The minimum Gasteiger partial charge on any atom is -0.341 e. The van der Waals surface area contributed by atoms with E-state index in [1.165, 1.54) is 6.07 Å². The number of nitrogens with two attached hydrogens (primary N) is 1. The van der Waals surface area contributed by atoms with Crippen molar-refractivity contribution in [3.05, 3.63) is 29.6 Å². The first-order valence-electron chi connectivity index (χ1n) is 6.61. The van der Waals surface area contributed by atoms with Crippen LogP contribution in [-0.4, -0.2) is 16.0 Å². The van der Waals surface area contributed by atoms with Gasteiger partial charge >= 0.3 is 0 Å². The van der Waals surface area contributed by atoms with Crippen LogP contribution in [0.2, 0.25) is 0 Å². The molecule has 0 radical (unpaired) electrons. The number of nitrogens with zero attached hydrogens (tertiary/aromatic N) is 1. The van der Waals surface area contributed by atoms with E-state index in [2.05, 4.69) is 9.97 Å². The Hall–Kier alpha value is -1.49. The van der Waals surface area contributed by atoms with Crippen LogP contribution in [0.5, 0.6) is 0 Å². The summed E-state index contributed by atoms with van der Waals surface area (Å²) in [4.78, 5) is 7.37. The molecule has 1 saturated carbocycles. The van der Waals surface area contributed by atoms with Crippen LogP contribution >= 0.6 is 0 Å². The molecule has 1 aliphatic rings. The third-order valence-electron chi connectivity index (χ3n) is 4.33. The molecular formula is C14H17F2N3. The largest absolute Gasteiger partial charge is 0.341 e. The topological polar surface area (TPSA) is 54.7 Å². The molecule has 2 unspecified atom stereocenters. The number of hydrogen-bond acceptors (Lipinski definition) is 2. The second-order valence-electron chi connectivity index (χ2n) is 5.64. The maximum Gasteiger partial charge on any atom is 0.153 e. The lowest BCUT2D eigenvalue weighted by Crippen LogP contribution is -2.46. The van der Waals surface area contributed by atoms with Crippen molar-refractivity contribution in [2.24, 2.45) is 5.73 Å². The average molecular weight is 265 g/mol. The quantitative estimate of drug-likeness (QED) is 0.832. The number of aromatic amines is 1. The standard InChI is InChI=1S/C14H17F2N3/c1-14(5-3-2-4-11(14)17)13-18-10-7-8(15)6-9(16)12(10)19-13/h6-7,11H,2-5,17H2,1H3,(H,18,19). The molecule has 3 rings (SSSR count). The summed E-state index contributed by atoms with van der Waals surface area (Å²) in [6.07, 6.45) is 4.04. The highest BCUT2D eigenvalue weighted by atomic mass is 19.1. The SMILES string of the molecule is CC1(c2nc3c(F)cc(F)cc3[nH]2)CCCCC1N. The Morgan fingerprint density at radius 2 is 2.16 bits per heavy atom. The van der Waals surface area contributed by atoms with Crippen molar-refractivity contribution in [3.63, 3.8) is 0 Å². The molecule has 0 bridgehead atoms. The fraction of sp³-hybridized carbons (Fsp3) is 0.500. The van der Waals surface area contributed by atoms with E-state index in [1.807, 2.05) is 6.92 Å². The zero-order valence-corrected chi connectivity index (χ0v) is 10.8. The van der Waals surface area contributed by atoms with Crippen LogP contribution in [0.15, 0.2) is 12.1 Å². The van der Waals surface area contributed by atoms with Gasteiger partial charge in [-0.05, 0) is 18.9 Å². The normalized spacial score (nSPS) is 27.9. The Labute approximate surface area is 110 Å². The second-order valence-corrected chi connectivity index (χ2v) is 5.64. The molecule has 1 fully saturated rings. The Kier molecular flexibility index (Phi) is 2.82. The highest BCUT2D eigenvalue weighted by Crippen LogP contribution is 2.37. The van der Waals surface area contributed by atoms with Crippen molar-refractivity contribution < 1.29 is 8.78 Å². The number of hydrogen-bond donors (Lipinski definition) is 2. The third kappa shape index (κ3) is 1.92. The molecule has 2 atom stereocenters. The van der Waals surface area contributed by atoms with Crippen molar-refractivity contribution in [3.8, 4) is 0 Å². The summed E-state index contributed by atoms with van der Waals surface area (Å²) in [7, 11) is 0. The summed E-state index contributed by atoms with van der Waals surface area (Å²) >= 11 is 0. The molecule has 0 spiro atoms. The molecule has 5 heteroatoms. The predicted octanol–water partition coefficient (Wildman–Crippen LogP) is 3.00. The van der Waals surface area contributed by atoms with Crippen molar-refractivity contribution in [2.45, 2.75) is 44.1 Å². The molecule has 0 amide bonds. The van der Waals surface area contributed by atoms with Gasteiger partial charge in [-0.2, -0.15) is 0 Å². The first-order valence-corrected chi connectivity index (χ1v) is 6.61. The predicted molar refractivity (Wildman–Crippen MR) is 69.8 cm³/mol. The van der Waals surface area contributed by atoms with Crippen LogP contribution in [-0.2, 0) is 5.41 Å². The van der Waals surface area contributed by atoms with E-state index >= 15 is 0 Å². The summed E-state index contributed by atoms with van der Waals surface area (Å²) < 4.78 is 26.9. The maximum absolute atomic E-state index is 13.7. The van der Waals surface area contributed by atoms with E-state index in [0.717, 1.165) is 31.7 Å². The fourth-order valence-corrected chi connectivity index (χ4v) is 2.97. The van der Waals surface area contributed by atoms with Gasteiger partial charge in [0.25, 0.3) is 0 Å². The molecule has 102 valence electrons. The van der Waals surface area contributed by atoms with E-state index in [0.29, 0.717) is 11.3 Å². The number of fused-ring (bicyclic) bond motifs is 1. The van der Waals surface area contributed by atoms with E-state index in [9.17, 15) is 8.78 Å². The summed E-state index contributed by atoms with van der Waals surface area (Å²) in [6.45, 7) is 2.04. The molecule has 1 aliphatic carbocycles. The maximum atomic E-state index is 13.7. The molecule has 2 aromatic rings. The molecular weight excluding hydrogens is 248 g/mol. The third-order valence-corrected chi connectivity index (χ3v) is 4.33. The van der Waals surface area contributed by atoms with Crippen LogP contribution in [0.1, 0.15) is 38.4 Å². The number of benzene rings is 1. The molecule has 3 N–H and O–H groups in total. The van der Waals surface area contributed by atoms with Crippen molar-refractivity contribution >= 4 is 11.0 Å². The Bertz CT molecular complexity index is 622. The van der Waals surface area contributed by atoms with E-state index in [1.54, 1.807) is 0 Å². The number of aromatic nitrogens is 2. The van der Waals surface area contributed by atoms with Gasteiger partial charge in [0, 0.05) is 17.5 Å². The highest BCUT2D eigenvalue weighted by molar-refractivity contribution is 5.76. The molecule has 0 aliphatic heterocycles. The number of halogens is 2. The van der Waals surface area contributed by atoms with Gasteiger partial charge in [0.1, 0.15) is 17.2 Å². The molecule has 0 saturated heterocycles. The number of nitrogens with one attached hydrogen (secondary N) is 1. The fourth-order valence-electron chi connectivity index (χ4n) is 2.97. The second kappa shape index (κ2) is 4.27. The number of imidazole rings is 1. The summed E-state index contributed by atoms with van der Waals surface area (Å²) in [5.41, 5.74) is 6.50. The van der Waals surface area contributed by atoms with E-state index < -0.39 is 11.6 Å². The molecule has 1 heterocycles. The molecule has 1 aromatic carbocycles. The number of H-pyrrole nitrogens is 1. The lowest BCUT2D eigenvalue weighted by molar-refractivity contribution is 0.260. The van der Waals surface area contributed by atoms with E-state index in [-0.39, 0.29) is 17.0 Å². The smallest absolute Gasteiger partial charge is 0.153 e. The van der Waals surface area contributed by atoms with Crippen molar-refractivity contribution in [1.29, 1.82) is 0 Å². The number of rotatable bonds is 1. The van der Waals surface area contributed by atoms with E-state index in [4.69, 9.17) is 5.73 Å². The van der Waals surface area contributed by atoms with Gasteiger partial charge < -0.3 is 10.7 Å². The van der Waals surface area contributed by atoms with Crippen LogP contribution in [0.25, 0.3) is 11.0 Å². The van der Waals surface area contributed by atoms with Gasteiger partial charge in [0.15, 0.2) is 5.82 Å². The minimum absolute atomic E-state index is 0.00489. The summed E-state index contributed by atoms with van der Waals surface area (Å²) in [6, 6.07) is 2.12. The molecule has 1 aromatic heterocycles. The molecule has 19 heavy (non-hydrogen) atoms. The van der Waals surface area contributed by atoms with Crippen LogP contribution in [0.3, 0.4) is 0 Å². The Morgan fingerprint density at radius 1 is 1.37 bits per heavy atom.